The molecule has 8 nitrogen and oxygen atoms in total. The molecule has 0 saturated heterocycles. The van der Waals surface area contributed by atoms with Gasteiger partial charge in [-0.25, -0.2) is 4.79 Å². The number of tetrazole rings is 1. The molecule has 2 aromatic heterocycles. The van der Waals surface area contributed by atoms with Gasteiger partial charge in [0.1, 0.15) is 17.2 Å². The topological polar surface area (TPSA) is 110 Å². The fourth-order valence-corrected chi connectivity index (χ4v) is 2.89. The Balaban J connectivity index is 2.13. The van der Waals surface area contributed by atoms with E-state index in [1.807, 2.05) is 6.26 Å². The largest absolute Gasteiger partial charge is 0.480 e. The monoisotopic (exact) mass is 327 g/mol. The Bertz CT molecular complexity index is 613. The van der Waals surface area contributed by atoms with Gasteiger partial charge >= 0.3 is 5.97 Å². The number of thiophene rings is 1. The predicted octanol–water partition coefficient (Wildman–Crippen LogP) is 0.660. The van der Waals surface area contributed by atoms with E-state index in [2.05, 4.69) is 20.8 Å². The normalized spacial score (nSPS) is 12.0. The lowest BCUT2D eigenvalue weighted by atomic mass is 10.2. The maximum absolute atomic E-state index is 12.2. The maximum atomic E-state index is 12.2. The van der Waals surface area contributed by atoms with Gasteiger partial charge in [-0.3, -0.25) is 4.79 Å². The SMILES string of the molecule is CSCC[C@H](NC(=O)c1sccc1-n1cnnn1)C(=O)O. The Kier molecular flexibility index (Phi) is 5.28. The van der Waals surface area contributed by atoms with Crippen LogP contribution < -0.4 is 5.32 Å². The summed E-state index contributed by atoms with van der Waals surface area (Å²) in [6.07, 6.45) is 3.63. The van der Waals surface area contributed by atoms with Crippen LogP contribution in [0.25, 0.3) is 5.69 Å². The van der Waals surface area contributed by atoms with Crippen molar-refractivity contribution >= 4 is 35.0 Å². The van der Waals surface area contributed by atoms with Crippen LogP contribution in [0.4, 0.5) is 0 Å². The van der Waals surface area contributed by atoms with Gasteiger partial charge < -0.3 is 10.4 Å². The lowest BCUT2D eigenvalue weighted by Gasteiger charge is -2.13. The highest BCUT2D eigenvalue weighted by Gasteiger charge is 2.23. The number of hydrogen-bond donors (Lipinski definition) is 2. The molecule has 0 aliphatic carbocycles. The third-order valence-corrected chi connectivity index (χ3v) is 4.21. The molecule has 2 rings (SSSR count). The summed E-state index contributed by atoms with van der Waals surface area (Å²) in [5.41, 5.74) is 0.525. The number of carbonyl (C=O) groups excluding carboxylic acids is 1. The molecule has 2 heterocycles. The molecule has 2 aromatic rings. The Hall–Kier alpha value is -1.94. The molecule has 1 amide bonds. The van der Waals surface area contributed by atoms with E-state index in [0.29, 0.717) is 22.7 Å². The van der Waals surface area contributed by atoms with Crippen LogP contribution in [0.15, 0.2) is 17.8 Å². The van der Waals surface area contributed by atoms with Crippen molar-refractivity contribution in [2.75, 3.05) is 12.0 Å². The van der Waals surface area contributed by atoms with Crippen molar-refractivity contribution in [1.82, 2.24) is 25.5 Å². The van der Waals surface area contributed by atoms with Crippen molar-refractivity contribution in [2.45, 2.75) is 12.5 Å². The third kappa shape index (κ3) is 3.79. The van der Waals surface area contributed by atoms with Gasteiger partial charge in [-0.15, -0.1) is 16.4 Å². The Labute approximate surface area is 128 Å². The molecule has 1 atom stereocenters. The minimum absolute atomic E-state index is 0.369. The minimum atomic E-state index is -1.04. The minimum Gasteiger partial charge on any atom is -0.480 e. The van der Waals surface area contributed by atoms with Crippen LogP contribution in [-0.4, -0.2) is 55.2 Å². The number of carboxylic acid groups (broad SMARTS) is 1. The molecule has 0 aliphatic heterocycles. The highest BCUT2D eigenvalue weighted by molar-refractivity contribution is 7.98. The quantitative estimate of drug-likeness (QED) is 0.768. The van der Waals surface area contributed by atoms with E-state index in [9.17, 15) is 9.59 Å². The molecule has 0 spiro atoms. The summed E-state index contributed by atoms with van der Waals surface area (Å²) >= 11 is 2.74. The molecule has 0 aliphatic rings. The van der Waals surface area contributed by atoms with E-state index in [0.717, 1.165) is 0 Å². The second-order valence-electron chi connectivity index (χ2n) is 4.04. The van der Waals surface area contributed by atoms with E-state index in [1.54, 1.807) is 11.4 Å². The average molecular weight is 327 g/mol. The number of rotatable bonds is 7. The van der Waals surface area contributed by atoms with Crippen LogP contribution >= 0.6 is 23.1 Å². The molecule has 21 heavy (non-hydrogen) atoms. The Morgan fingerprint density at radius 1 is 1.57 bits per heavy atom. The fraction of sp³-hybridized carbons (Fsp3) is 0.364. The molecular formula is C11H13N5O3S2. The van der Waals surface area contributed by atoms with E-state index >= 15 is 0 Å². The number of nitrogens with one attached hydrogen (secondary N) is 1. The summed E-state index contributed by atoms with van der Waals surface area (Å²) in [5.74, 6) is -0.830. The first kappa shape index (κ1) is 15.4. The highest BCUT2D eigenvalue weighted by atomic mass is 32.2. The van der Waals surface area contributed by atoms with Crippen molar-refractivity contribution < 1.29 is 14.7 Å². The first-order valence-corrected chi connectivity index (χ1v) is 8.24. The second kappa shape index (κ2) is 7.18. The van der Waals surface area contributed by atoms with Crippen molar-refractivity contribution in [3.05, 3.63) is 22.7 Å². The van der Waals surface area contributed by atoms with Crippen molar-refractivity contribution in [1.29, 1.82) is 0 Å². The van der Waals surface area contributed by atoms with Crippen LogP contribution in [-0.2, 0) is 4.79 Å². The van der Waals surface area contributed by atoms with Gasteiger partial charge in [0.15, 0.2) is 0 Å². The van der Waals surface area contributed by atoms with Crippen LogP contribution in [0, 0.1) is 0 Å². The smallest absolute Gasteiger partial charge is 0.326 e. The first-order chi connectivity index (χ1) is 10.1. The molecule has 0 radical (unpaired) electrons. The Morgan fingerprint density at radius 3 is 3.00 bits per heavy atom. The summed E-state index contributed by atoms with van der Waals surface area (Å²) in [4.78, 5) is 23.8. The molecule has 2 N–H and O–H groups in total. The third-order valence-electron chi connectivity index (χ3n) is 2.66. The number of carboxylic acids is 1. The van der Waals surface area contributed by atoms with Gasteiger partial charge in [0, 0.05) is 0 Å². The van der Waals surface area contributed by atoms with Crippen LogP contribution in [0.1, 0.15) is 16.1 Å². The zero-order chi connectivity index (χ0) is 15.2. The lowest BCUT2D eigenvalue weighted by molar-refractivity contribution is -0.139. The van der Waals surface area contributed by atoms with Crippen molar-refractivity contribution in [3.8, 4) is 5.69 Å². The number of amides is 1. The zero-order valence-corrected chi connectivity index (χ0v) is 12.7. The van der Waals surface area contributed by atoms with Crippen LogP contribution in [0.3, 0.4) is 0 Å². The van der Waals surface area contributed by atoms with E-state index < -0.39 is 17.9 Å². The summed E-state index contributed by atoms with van der Waals surface area (Å²) in [5, 5.41) is 24.2. The summed E-state index contributed by atoms with van der Waals surface area (Å²) in [6, 6.07) is 0.793. The average Bonchev–Trinajstić information content (AvgIpc) is 3.11. The van der Waals surface area contributed by atoms with Crippen molar-refractivity contribution in [2.24, 2.45) is 0 Å². The number of thioether (sulfide) groups is 1. The number of aromatic nitrogens is 4. The number of hydrogen-bond acceptors (Lipinski definition) is 7. The zero-order valence-electron chi connectivity index (χ0n) is 11.1. The number of carbonyl (C=O) groups is 2. The summed E-state index contributed by atoms with van der Waals surface area (Å²) in [7, 11) is 0. The molecule has 0 unspecified atom stereocenters. The van der Waals surface area contributed by atoms with E-state index in [-0.39, 0.29) is 0 Å². The maximum Gasteiger partial charge on any atom is 0.326 e. The molecule has 112 valence electrons. The second-order valence-corrected chi connectivity index (χ2v) is 5.94. The molecule has 10 heteroatoms. The van der Waals surface area contributed by atoms with Gasteiger partial charge in [0.25, 0.3) is 5.91 Å². The van der Waals surface area contributed by atoms with Crippen LogP contribution in [0.2, 0.25) is 0 Å². The van der Waals surface area contributed by atoms with Crippen LogP contribution in [0.5, 0.6) is 0 Å². The Morgan fingerprint density at radius 2 is 2.38 bits per heavy atom. The standard InChI is InChI=1S/C11H13N5O3S2/c1-20-4-2-7(11(18)19)13-10(17)9-8(3-5-21-9)16-6-12-14-15-16/h3,5-7H,2,4H2,1H3,(H,13,17)(H,18,19)/t7-/m0/s1. The summed E-state index contributed by atoms with van der Waals surface area (Å²) in [6.45, 7) is 0. The first-order valence-electron chi connectivity index (χ1n) is 5.97. The number of aliphatic carboxylic acids is 1. The highest BCUT2D eigenvalue weighted by Crippen LogP contribution is 2.20. The van der Waals surface area contributed by atoms with Gasteiger partial charge in [-0.2, -0.15) is 16.4 Å². The summed E-state index contributed by atoms with van der Waals surface area (Å²) < 4.78 is 1.36. The molecule has 0 saturated carbocycles. The lowest BCUT2D eigenvalue weighted by Crippen LogP contribution is -2.41. The molecule has 0 bridgehead atoms. The molecular weight excluding hydrogens is 314 g/mol. The molecule has 0 fully saturated rings. The van der Waals surface area contributed by atoms with E-state index in [4.69, 9.17) is 5.11 Å². The van der Waals surface area contributed by atoms with Gasteiger partial charge in [0.05, 0.1) is 5.69 Å². The van der Waals surface area contributed by atoms with Crippen molar-refractivity contribution in [3.63, 3.8) is 0 Å². The number of nitrogens with zero attached hydrogens (tertiary/aromatic N) is 4. The predicted molar refractivity (Wildman–Crippen MR) is 78.9 cm³/mol. The van der Waals surface area contributed by atoms with E-state index in [1.165, 1.54) is 34.1 Å². The van der Waals surface area contributed by atoms with Gasteiger partial charge in [-0.05, 0) is 40.3 Å². The molecule has 0 aromatic carbocycles. The fourth-order valence-electron chi connectivity index (χ4n) is 1.64. The van der Waals surface area contributed by atoms with Gasteiger partial charge in [-0.1, -0.05) is 0 Å². The van der Waals surface area contributed by atoms with Gasteiger partial charge in [0.2, 0.25) is 0 Å².